The van der Waals surface area contributed by atoms with E-state index < -0.39 is 39.9 Å². The molecule has 0 rings (SSSR count). The largest absolute Gasteiger partial charge is 1.00 e. The first-order chi connectivity index (χ1) is 18.7. The van der Waals surface area contributed by atoms with Gasteiger partial charge in [-0.05, 0) is 107 Å². The van der Waals surface area contributed by atoms with Crippen LogP contribution in [0.15, 0.2) is 0 Å². The first kappa shape index (κ1) is 45.1. The molecule has 0 heterocycles. The van der Waals surface area contributed by atoms with Crippen molar-refractivity contribution in [2.24, 2.45) is 0 Å². The van der Waals surface area contributed by atoms with Gasteiger partial charge < -0.3 is 33.5 Å². The first-order valence-corrected chi connectivity index (χ1v) is 12.1. The maximum absolute atomic E-state index is 11.4. The van der Waals surface area contributed by atoms with Crippen molar-refractivity contribution in [1.82, 2.24) is 0 Å². The van der Waals surface area contributed by atoms with E-state index in [2.05, 4.69) is 115 Å². The minimum atomic E-state index is -5.25. The van der Waals surface area contributed by atoms with Crippen LogP contribution >= 0.6 is 19.6 Å². The Bertz CT molecular complexity index is 1590. The van der Waals surface area contributed by atoms with Crippen molar-refractivity contribution in [3.8, 4) is 118 Å². The number of aliphatic hydroxyl groups is 1. The Balaban J connectivity index is -0.0000000204. The van der Waals surface area contributed by atoms with E-state index in [1.807, 2.05) is 5.92 Å². The number of rotatable bonds is 7. The van der Waals surface area contributed by atoms with Crippen molar-refractivity contribution in [3.05, 3.63) is 0 Å². The van der Waals surface area contributed by atoms with Gasteiger partial charge in [-0.2, -0.15) is 0 Å². The average molecular weight is 639 g/mol. The van der Waals surface area contributed by atoms with Crippen molar-refractivity contribution < 1.29 is 126 Å². The molecule has 1 atom stereocenters. The van der Waals surface area contributed by atoms with Gasteiger partial charge in [-0.3, -0.25) is 4.79 Å². The van der Waals surface area contributed by atoms with Gasteiger partial charge in [0.25, 0.3) is 0 Å². The van der Waals surface area contributed by atoms with Crippen LogP contribution in [0.4, 0.5) is 0 Å². The number of aliphatic hydroxyl groups excluding tert-OH is 1. The summed E-state index contributed by atoms with van der Waals surface area (Å²) in [5.74, 6) is 41.1. The van der Waals surface area contributed by atoms with Gasteiger partial charge in [0.05, 0.1) is 21.0 Å². The van der Waals surface area contributed by atoms with Crippen LogP contribution in [0.25, 0.3) is 0 Å². The summed E-state index contributed by atoms with van der Waals surface area (Å²) >= 11 is 0.921. The van der Waals surface area contributed by atoms with E-state index in [4.69, 9.17) is 16.3 Å². The molecule has 0 bridgehead atoms. The molecule has 0 aliphatic rings. The Morgan fingerprint density at radius 3 is 1.83 bits per heavy atom. The van der Waals surface area contributed by atoms with Gasteiger partial charge in [-0.1, -0.05) is 5.92 Å². The minimum absolute atomic E-state index is 0. The molecule has 0 spiro atoms. The van der Waals surface area contributed by atoms with E-state index in [9.17, 15) is 23.9 Å². The summed E-state index contributed by atoms with van der Waals surface area (Å²) in [5.41, 5.74) is 0. The van der Waals surface area contributed by atoms with Crippen molar-refractivity contribution in [1.29, 1.82) is 0 Å². The van der Waals surface area contributed by atoms with E-state index in [1.165, 1.54) is 6.92 Å². The topological polar surface area (TPSA) is 145 Å². The molecule has 9 nitrogen and oxygen atoms in total. The van der Waals surface area contributed by atoms with Gasteiger partial charge in [-0.15, -0.1) is 6.42 Å². The van der Waals surface area contributed by atoms with Gasteiger partial charge in [0.15, 0.2) is 5.12 Å². The Labute approximate surface area is 313 Å². The molecule has 0 saturated heterocycles. The predicted octanol–water partition coefficient (Wildman–Crippen LogP) is -3.19. The number of phosphoric ester groups is 1. The van der Waals surface area contributed by atoms with Crippen LogP contribution < -0.4 is 68.9 Å². The normalized spacial score (nSPS) is 7.71. The molecule has 0 radical (unpaired) electrons. The fraction of sp³-hybridized carbons (Fsp3) is 0.214. The number of esters is 1. The van der Waals surface area contributed by atoms with Gasteiger partial charge in [0.1, 0.15) is 12.9 Å². The smallest absolute Gasteiger partial charge is 0.790 e. The third-order valence-corrected chi connectivity index (χ3v) is 3.46. The zero-order valence-corrected chi connectivity index (χ0v) is 28.1. The molecule has 41 heavy (non-hydrogen) atoms. The average Bonchev–Trinajstić information content (AvgIpc) is 2.88. The second-order valence-electron chi connectivity index (χ2n) is 5.36. The molecule has 1 N–H and O–H groups in total. The SMILES string of the molecule is C#CC#CC#CC#CC#CC#CC(=O)O[C@@H](COCO)COP(=O)([O-])[O-].CC#CC#CC#CC#CSC(C)=O.[HH].[HH].[HH].[HH].[HH].[HH].[HH].[HH].[HH].[HH].[HH].[HH].[HH].[HH].[HH].[HH].[HH].[Na+].[Na+]. The molecular weight excluding hydrogens is 589 g/mol. The van der Waals surface area contributed by atoms with Crippen LogP contribution in [0.5, 0.6) is 0 Å². The summed E-state index contributed by atoms with van der Waals surface area (Å²) in [6, 6.07) is 0. The van der Waals surface area contributed by atoms with Crippen LogP contribution in [0.3, 0.4) is 0 Å². The van der Waals surface area contributed by atoms with E-state index in [0.29, 0.717) is 0 Å². The molecule has 0 amide bonds. The van der Waals surface area contributed by atoms with Crippen molar-refractivity contribution in [3.63, 3.8) is 0 Å². The van der Waals surface area contributed by atoms with Crippen molar-refractivity contribution >= 4 is 30.7 Å². The van der Waals surface area contributed by atoms with E-state index in [0.717, 1.165) is 11.8 Å². The van der Waals surface area contributed by atoms with Crippen LogP contribution in [0.1, 0.15) is 38.1 Å². The Morgan fingerprint density at radius 1 is 0.878 bits per heavy atom. The molecule has 0 aromatic rings. The summed E-state index contributed by atoms with van der Waals surface area (Å²) < 4.78 is 23.6. The monoisotopic (exact) mass is 638 g/mol. The molecular formula is C28H49Na2O9PS. The molecule has 13 heteroatoms. The third-order valence-electron chi connectivity index (χ3n) is 2.51. The number of thioether (sulfide) groups is 1. The fourth-order valence-corrected chi connectivity index (χ4v) is 1.90. The van der Waals surface area contributed by atoms with Crippen molar-refractivity contribution in [2.75, 3.05) is 20.0 Å². The molecule has 0 aromatic heterocycles. The zero-order valence-electron chi connectivity index (χ0n) is 22.3. The van der Waals surface area contributed by atoms with E-state index >= 15 is 0 Å². The number of carbonyl (C=O) groups excluding carboxylic acids is 2. The summed E-state index contributed by atoms with van der Waals surface area (Å²) in [7, 11) is -5.25. The zero-order chi connectivity index (χ0) is 29.6. The molecule has 0 saturated carbocycles. The second-order valence-corrected chi connectivity index (χ2v) is 7.50. The minimum Gasteiger partial charge on any atom is -0.790 e. The molecule has 0 aliphatic carbocycles. The number of hydrogen-bond donors (Lipinski definition) is 1. The number of carbonyl (C=O) groups is 2. The van der Waals surface area contributed by atoms with Gasteiger partial charge in [0, 0.05) is 48.9 Å². The second kappa shape index (κ2) is 33.3. The molecule has 228 valence electrons. The Hall–Kier alpha value is -2.88. The van der Waals surface area contributed by atoms with Crippen LogP contribution in [0, 0.1) is 118 Å². The molecule has 0 aliphatic heterocycles. The first-order valence-electron chi connectivity index (χ1n) is 9.77. The number of terminal acetylenes is 1. The Morgan fingerprint density at radius 2 is 1.37 bits per heavy atom. The maximum Gasteiger partial charge on any atom is 1.00 e. The van der Waals surface area contributed by atoms with Gasteiger partial charge in [-0.25, -0.2) is 4.79 Å². The van der Waals surface area contributed by atoms with Gasteiger partial charge in [0.2, 0.25) is 0 Å². The van der Waals surface area contributed by atoms with Crippen LogP contribution in [-0.4, -0.2) is 42.3 Å². The molecule has 0 unspecified atom stereocenters. The maximum atomic E-state index is 11.4. The van der Waals surface area contributed by atoms with Crippen molar-refractivity contribution in [2.45, 2.75) is 20.0 Å². The van der Waals surface area contributed by atoms with E-state index in [-0.39, 0.29) is 88.5 Å². The summed E-state index contributed by atoms with van der Waals surface area (Å²) in [6.45, 7) is 1.24. The number of phosphoric acid groups is 1. The molecule has 0 aromatic carbocycles. The standard InChI is InChI=1S/C17H11O8P.C11H6OS.2Na.17H2/c1-2-3-4-5-6-7-8-9-10-11-12-17(19)25-16(13-23-15-18)14-24-26(20,21)22;1-3-4-5-6-7-8-9-10-13-11(2)12;;;;;;;;;;;;;;;;;;;/h1,16,18H,13-15H2,(H2,20,21,22);1-2H3;;;17*1H/q;;2*+1;;;;;;;;;;;;;;;;;/p-2/t16-;;;;;;;;;;;;;;;;;;;;/m0..................../s1. The molecule has 0 fully saturated rings. The van der Waals surface area contributed by atoms with Crippen LogP contribution in [0.2, 0.25) is 0 Å². The van der Waals surface area contributed by atoms with Gasteiger partial charge >= 0.3 is 65.1 Å². The fourth-order valence-electron chi connectivity index (χ4n) is 1.30. The number of ether oxygens (including phenoxy) is 2. The summed E-state index contributed by atoms with van der Waals surface area (Å²) in [6.07, 6.45) is 3.60. The summed E-state index contributed by atoms with van der Waals surface area (Å²) in [5, 5.41) is 11.0. The summed E-state index contributed by atoms with van der Waals surface area (Å²) in [4.78, 5) is 42.6. The predicted molar refractivity (Wildman–Crippen MR) is 175 cm³/mol. The number of hydrogen-bond acceptors (Lipinski definition) is 10. The van der Waals surface area contributed by atoms with Crippen LogP contribution in [-0.2, 0) is 28.2 Å². The van der Waals surface area contributed by atoms with E-state index in [1.54, 1.807) is 6.92 Å². The quantitative estimate of drug-likeness (QED) is 0.0757. The third kappa shape index (κ3) is 41.7. The Kier molecular flexibility index (Phi) is 36.7.